The molecule has 0 saturated carbocycles. The Morgan fingerprint density at radius 3 is 2.39 bits per heavy atom. The van der Waals surface area contributed by atoms with Crippen molar-refractivity contribution >= 4 is 17.4 Å². The van der Waals surface area contributed by atoms with Gasteiger partial charge in [-0.15, -0.1) is 0 Å². The van der Waals surface area contributed by atoms with E-state index in [0.29, 0.717) is 16.3 Å². The first kappa shape index (κ1) is 15.1. The number of benzene rings is 2. The average Bonchev–Trinajstić information content (AvgIpc) is 2.55. The molecule has 2 N–H and O–H groups in total. The van der Waals surface area contributed by atoms with Gasteiger partial charge in [0, 0.05) is 16.1 Å². The molecule has 0 saturated heterocycles. The third-order valence-corrected chi connectivity index (χ3v) is 4.00. The minimum absolute atomic E-state index is 0.209. The van der Waals surface area contributed by atoms with Gasteiger partial charge in [-0.05, 0) is 24.6 Å². The molecule has 3 nitrogen and oxygen atoms in total. The number of anilines is 1. The number of nitrogen functional groups attached to an aromatic ring is 1. The molecule has 23 heavy (non-hydrogen) atoms. The van der Waals surface area contributed by atoms with Crippen LogP contribution in [0.2, 0.25) is 5.02 Å². The minimum atomic E-state index is 0.209. The fraction of sp³-hybridized carbons (Fsp3) is 0.0526. The highest BCUT2D eigenvalue weighted by Gasteiger charge is 2.14. The minimum Gasteiger partial charge on any atom is -0.383 e. The smallest absolute Gasteiger partial charge is 0.142 e. The van der Waals surface area contributed by atoms with E-state index in [-0.39, 0.29) is 5.82 Å². The van der Waals surface area contributed by atoms with E-state index in [1.165, 1.54) is 0 Å². The molecular weight excluding hydrogens is 306 g/mol. The first-order chi connectivity index (χ1) is 11.1. The van der Waals surface area contributed by atoms with E-state index in [1.54, 1.807) is 6.07 Å². The van der Waals surface area contributed by atoms with E-state index in [1.807, 2.05) is 55.5 Å². The van der Waals surface area contributed by atoms with E-state index < -0.39 is 0 Å². The summed E-state index contributed by atoms with van der Waals surface area (Å²) in [4.78, 5) is 4.35. The number of aromatic nitrogens is 1. The van der Waals surface area contributed by atoms with Crippen LogP contribution in [0.1, 0.15) is 11.1 Å². The normalized spacial score (nSPS) is 10.3. The van der Waals surface area contributed by atoms with Crippen molar-refractivity contribution in [2.45, 2.75) is 6.92 Å². The number of nitrogens with zero attached hydrogens (tertiary/aromatic N) is 2. The van der Waals surface area contributed by atoms with Crippen LogP contribution in [-0.4, -0.2) is 4.98 Å². The number of nitriles is 1. The van der Waals surface area contributed by atoms with Gasteiger partial charge in [-0.1, -0.05) is 59.6 Å². The first-order valence-electron chi connectivity index (χ1n) is 7.12. The van der Waals surface area contributed by atoms with E-state index >= 15 is 0 Å². The lowest BCUT2D eigenvalue weighted by molar-refractivity contribution is 1.31. The first-order valence-corrected chi connectivity index (χ1v) is 7.50. The second kappa shape index (κ2) is 6.12. The predicted molar refractivity (Wildman–Crippen MR) is 94.0 cm³/mol. The van der Waals surface area contributed by atoms with E-state index in [4.69, 9.17) is 17.3 Å². The lowest BCUT2D eigenvalue weighted by atomic mass is 9.98. The van der Waals surface area contributed by atoms with Crippen LogP contribution in [0.5, 0.6) is 0 Å². The molecule has 112 valence electrons. The quantitative estimate of drug-likeness (QED) is 0.735. The van der Waals surface area contributed by atoms with Crippen LogP contribution in [0.4, 0.5) is 5.82 Å². The van der Waals surface area contributed by atoms with Crippen LogP contribution in [0.25, 0.3) is 22.4 Å². The summed E-state index contributed by atoms with van der Waals surface area (Å²) in [6, 6.07) is 19.4. The third-order valence-electron chi connectivity index (χ3n) is 3.67. The van der Waals surface area contributed by atoms with Crippen molar-refractivity contribution < 1.29 is 0 Å². The van der Waals surface area contributed by atoms with Crippen molar-refractivity contribution in [1.29, 1.82) is 5.26 Å². The SMILES string of the molecule is Cc1ccc(-c2cc(-c3ccccc3Cl)nc(N)c2C#N)cc1. The number of halogens is 1. The van der Waals surface area contributed by atoms with Crippen molar-refractivity contribution in [2.24, 2.45) is 0 Å². The molecular formula is C19H14ClN3. The van der Waals surface area contributed by atoms with Gasteiger partial charge in [-0.2, -0.15) is 5.26 Å². The number of nitrogens with two attached hydrogens (primary N) is 1. The van der Waals surface area contributed by atoms with Crippen LogP contribution >= 0.6 is 11.6 Å². The van der Waals surface area contributed by atoms with Crippen LogP contribution in [0.15, 0.2) is 54.6 Å². The van der Waals surface area contributed by atoms with Gasteiger partial charge in [0.1, 0.15) is 17.5 Å². The largest absolute Gasteiger partial charge is 0.383 e. The van der Waals surface area contributed by atoms with Gasteiger partial charge >= 0.3 is 0 Å². The Kier molecular flexibility index (Phi) is 4.01. The Morgan fingerprint density at radius 1 is 1.04 bits per heavy atom. The molecule has 0 aliphatic carbocycles. The van der Waals surface area contributed by atoms with Gasteiger partial charge in [-0.3, -0.25) is 0 Å². The zero-order valence-electron chi connectivity index (χ0n) is 12.5. The predicted octanol–water partition coefficient (Wildman–Crippen LogP) is 4.83. The average molecular weight is 320 g/mol. The summed E-state index contributed by atoms with van der Waals surface area (Å²) in [5.74, 6) is 0.209. The molecule has 0 unspecified atom stereocenters. The van der Waals surface area contributed by atoms with Crippen LogP contribution < -0.4 is 5.73 Å². The Balaban J connectivity index is 2.25. The molecule has 0 spiro atoms. The summed E-state index contributed by atoms with van der Waals surface area (Å²) in [5.41, 5.74) is 10.7. The molecule has 3 aromatic rings. The highest BCUT2D eigenvalue weighted by molar-refractivity contribution is 6.33. The fourth-order valence-electron chi connectivity index (χ4n) is 2.45. The standard InChI is InChI=1S/C19H14ClN3/c1-12-6-8-13(9-7-12)15-10-18(23-19(22)16(15)11-21)14-4-2-3-5-17(14)20/h2-10H,1H3,(H2,22,23). The van der Waals surface area contributed by atoms with Crippen molar-refractivity contribution in [3.8, 4) is 28.5 Å². The van der Waals surface area contributed by atoms with Gasteiger partial charge in [0.2, 0.25) is 0 Å². The summed E-state index contributed by atoms with van der Waals surface area (Å²) in [6.45, 7) is 2.02. The molecule has 2 aromatic carbocycles. The summed E-state index contributed by atoms with van der Waals surface area (Å²) in [6.07, 6.45) is 0. The summed E-state index contributed by atoms with van der Waals surface area (Å²) >= 11 is 6.26. The van der Waals surface area contributed by atoms with Gasteiger partial charge in [0.15, 0.2) is 0 Å². The number of hydrogen-bond acceptors (Lipinski definition) is 3. The number of pyridine rings is 1. The number of rotatable bonds is 2. The van der Waals surface area contributed by atoms with Crippen LogP contribution in [-0.2, 0) is 0 Å². The summed E-state index contributed by atoms with van der Waals surface area (Å²) < 4.78 is 0. The third kappa shape index (κ3) is 2.90. The van der Waals surface area contributed by atoms with E-state index in [0.717, 1.165) is 22.3 Å². The van der Waals surface area contributed by atoms with Gasteiger partial charge < -0.3 is 5.73 Å². The van der Waals surface area contributed by atoms with Crippen LogP contribution in [0, 0.1) is 18.3 Å². The Bertz CT molecular complexity index is 909. The molecule has 0 bridgehead atoms. The maximum Gasteiger partial charge on any atom is 0.142 e. The van der Waals surface area contributed by atoms with Gasteiger partial charge in [0.25, 0.3) is 0 Å². The molecule has 3 rings (SSSR count). The number of aryl methyl sites for hydroxylation is 1. The lowest BCUT2D eigenvalue weighted by Crippen LogP contribution is -2.00. The fourth-order valence-corrected chi connectivity index (χ4v) is 2.68. The molecule has 4 heteroatoms. The molecule has 0 aliphatic heterocycles. The van der Waals surface area contributed by atoms with Gasteiger partial charge in [-0.25, -0.2) is 4.98 Å². The molecule has 0 atom stereocenters. The Hall–Kier alpha value is -2.83. The van der Waals surface area contributed by atoms with Crippen molar-refractivity contribution in [1.82, 2.24) is 4.98 Å². The lowest BCUT2D eigenvalue weighted by Gasteiger charge is -2.11. The monoisotopic (exact) mass is 319 g/mol. The molecule has 0 radical (unpaired) electrons. The van der Waals surface area contributed by atoms with Crippen molar-refractivity contribution in [3.63, 3.8) is 0 Å². The summed E-state index contributed by atoms with van der Waals surface area (Å²) in [7, 11) is 0. The van der Waals surface area contributed by atoms with E-state index in [2.05, 4.69) is 11.1 Å². The second-order valence-electron chi connectivity index (χ2n) is 5.27. The second-order valence-corrected chi connectivity index (χ2v) is 5.68. The maximum atomic E-state index is 9.44. The highest BCUT2D eigenvalue weighted by atomic mass is 35.5. The maximum absolute atomic E-state index is 9.44. The molecule has 0 amide bonds. The molecule has 0 aliphatic rings. The van der Waals surface area contributed by atoms with Gasteiger partial charge in [0.05, 0.1) is 5.69 Å². The topological polar surface area (TPSA) is 62.7 Å². The van der Waals surface area contributed by atoms with Crippen molar-refractivity contribution in [3.05, 3.63) is 70.7 Å². The zero-order valence-corrected chi connectivity index (χ0v) is 13.3. The summed E-state index contributed by atoms with van der Waals surface area (Å²) in [5, 5.41) is 10.0. The number of hydrogen-bond donors (Lipinski definition) is 1. The Labute approximate surface area is 140 Å². The van der Waals surface area contributed by atoms with E-state index in [9.17, 15) is 5.26 Å². The molecule has 1 aromatic heterocycles. The molecule has 0 fully saturated rings. The van der Waals surface area contributed by atoms with Crippen LogP contribution in [0.3, 0.4) is 0 Å². The van der Waals surface area contributed by atoms with Crippen molar-refractivity contribution in [2.75, 3.05) is 5.73 Å². The zero-order chi connectivity index (χ0) is 16.4. The molecule has 1 heterocycles. The highest BCUT2D eigenvalue weighted by Crippen LogP contribution is 2.33. The Morgan fingerprint density at radius 2 is 1.74 bits per heavy atom.